The Bertz CT molecular complexity index is 1730. The molecule has 3 aliphatic carbocycles. The average Bonchev–Trinajstić information content (AvgIpc) is 4.03. The summed E-state index contributed by atoms with van der Waals surface area (Å²) >= 11 is 0. The van der Waals surface area contributed by atoms with Crippen molar-refractivity contribution in [1.82, 2.24) is 25.2 Å². The number of nitrogens with zero attached hydrogens (tertiary/aromatic N) is 2. The maximum Gasteiger partial charge on any atom is 0.408 e. The van der Waals surface area contributed by atoms with Gasteiger partial charge >= 0.3 is 6.09 Å². The second-order valence-electron chi connectivity index (χ2n) is 14.6. The lowest BCUT2D eigenvalue weighted by Crippen LogP contribution is -2.54. The number of hydrogen-bond acceptors (Lipinski definition) is 9. The number of allylic oxidation sites excluding steroid dienone is 1. The van der Waals surface area contributed by atoms with Gasteiger partial charge in [-0.05, 0) is 88.7 Å². The Hall–Kier alpha value is -4.20. The number of fused-ring (bicyclic) bond motifs is 1. The van der Waals surface area contributed by atoms with Crippen molar-refractivity contribution in [2.45, 2.75) is 132 Å². The molecule has 0 unspecified atom stereocenters. The van der Waals surface area contributed by atoms with Gasteiger partial charge in [0.2, 0.25) is 33.6 Å². The van der Waals surface area contributed by atoms with Crippen LogP contribution < -0.4 is 20.1 Å². The fraction of sp³-hybridized carbons (Fsp3) is 0.595. The van der Waals surface area contributed by atoms with Gasteiger partial charge < -0.3 is 25.0 Å². The molecule has 3 saturated carbocycles. The van der Waals surface area contributed by atoms with Gasteiger partial charge in [-0.3, -0.25) is 19.1 Å². The predicted molar refractivity (Wildman–Crippen MR) is 190 cm³/mol. The maximum absolute atomic E-state index is 14.3. The molecule has 3 N–H and O–H groups in total. The first kappa shape index (κ1) is 36.6. The number of likely N-dealkylation sites (tertiary alicyclic amines) is 1. The monoisotopic (exact) mass is 723 g/mol. The Morgan fingerprint density at radius 1 is 1.04 bits per heavy atom. The summed E-state index contributed by atoms with van der Waals surface area (Å²) < 4.78 is 38.1. The highest BCUT2D eigenvalue weighted by molar-refractivity contribution is 7.90. The smallest absolute Gasteiger partial charge is 0.408 e. The van der Waals surface area contributed by atoms with E-state index in [4.69, 9.17) is 9.47 Å². The van der Waals surface area contributed by atoms with Crippen LogP contribution in [0.3, 0.4) is 0 Å². The average molecular weight is 724 g/mol. The number of sulfonamides is 1. The fourth-order valence-corrected chi connectivity index (χ4v) is 7.96. The molecule has 2 heterocycles. The van der Waals surface area contributed by atoms with E-state index in [1.807, 2.05) is 43.3 Å². The zero-order valence-corrected chi connectivity index (χ0v) is 30.0. The van der Waals surface area contributed by atoms with Crippen molar-refractivity contribution in [3.63, 3.8) is 0 Å². The lowest BCUT2D eigenvalue weighted by atomic mass is 9.82. The number of carbonyl (C=O) groups excluding carboxylic acids is 4. The van der Waals surface area contributed by atoms with E-state index in [1.165, 1.54) is 0 Å². The van der Waals surface area contributed by atoms with Crippen LogP contribution in [-0.2, 0) is 29.1 Å². The first-order valence-corrected chi connectivity index (χ1v) is 19.8. The largest absolute Gasteiger partial charge is 0.472 e. The first-order chi connectivity index (χ1) is 24.5. The third-order valence-corrected chi connectivity index (χ3v) is 11.9. The van der Waals surface area contributed by atoms with Crippen molar-refractivity contribution in [1.29, 1.82) is 0 Å². The number of pyridine rings is 1. The van der Waals surface area contributed by atoms with Crippen molar-refractivity contribution >= 4 is 44.6 Å². The van der Waals surface area contributed by atoms with E-state index in [0.717, 1.165) is 55.7 Å². The maximum atomic E-state index is 14.3. The van der Waals surface area contributed by atoms with Crippen LogP contribution in [0.15, 0.2) is 48.7 Å². The molecule has 0 bridgehead atoms. The Morgan fingerprint density at radius 3 is 2.55 bits per heavy atom. The Labute approximate surface area is 299 Å². The van der Waals surface area contributed by atoms with Crippen molar-refractivity contribution < 1.29 is 37.1 Å². The molecule has 4 fully saturated rings. The third-order valence-electron chi connectivity index (χ3n) is 10.1. The molecule has 1 aliphatic heterocycles. The molecule has 4 amide bonds. The number of alkyl carbamates (subject to hydrolysis) is 1. The second kappa shape index (κ2) is 16.0. The van der Waals surface area contributed by atoms with Crippen LogP contribution in [0, 0.1) is 0 Å². The van der Waals surface area contributed by atoms with Gasteiger partial charge in [0.1, 0.15) is 23.8 Å². The molecule has 4 aliphatic rings. The molecule has 2 aromatic rings. The Balaban J connectivity index is 1.07. The quantitative estimate of drug-likeness (QED) is 0.158. The molecule has 0 spiro atoms. The molecular formula is C37H49N5O8S. The number of amides is 4. The highest BCUT2D eigenvalue weighted by Crippen LogP contribution is 2.35. The number of benzene rings is 1. The molecule has 13 nitrogen and oxygen atoms in total. The number of unbranched alkanes of at least 4 members (excludes halogenated alkanes) is 3. The minimum absolute atomic E-state index is 0.0138. The van der Waals surface area contributed by atoms with Crippen molar-refractivity contribution in [2.24, 2.45) is 0 Å². The molecule has 6 rings (SSSR count). The van der Waals surface area contributed by atoms with E-state index in [0.29, 0.717) is 44.4 Å². The number of carbonyl (C=O) groups is 4. The summed E-state index contributed by atoms with van der Waals surface area (Å²) in [4.78, 5) is 58.8. The predicted octanol–water partition coefficient (Wildman–Crippen LogP) is 4.40. The minimum atomic E-state index is -3.55. The van der Waals surface area contributed by atoms with Crippen molar-refractivity contribution in [2.75, 3.05) is 6.54 Å². The zero-order chi connectivity index (χ0) is 36.0. The number of rotatable bonds is 17. The second-order valence-corrected chi connectivity index (χ2v) is 16.5. The summed E-state index contributed by atoms with van der Waals surface area (Å²) in [5.41, 5.74) is -0.548. The number of nitrogens with one attached hydrogen (secondary N) is 3. The van der Waals surface area contributed by atoms with Crippen LogP contribution in [-0.4, -0.2) is 83.7 Å². The Kier molecular flexibility index (Phi) is 11.5. The van der Waals surface area contributed by atoms with Gasteiger partial charge in [0.25, 0.3) is 0 Å². The molecule has 276 valence electrons. The number of aromatic nitrogens is 1. The fourth-order valence-electron chi connectivity index (χ4n) is 6.63. The van der Waals surface area contributed by atoms with E-state index < -0.39 is 51.1 Å². The summed E-state index contributed by atoms with van der Waals surface area (Å²) in [6.07, 6.45) is 13.0. The molecular weight excluding hydrogens is 675 g/mol. The van der Waals surface area contributed by atoms with Crippen molar-refractivity contribution in [3.8, 4) is 5.88 Å². The van der Waals surface area contributed by atoms with E-state index in [9.17, 15) is 27.6 Å². The van der Waals surface area contributed by atoms with Gasteiger partial charge in [0.15, 0.2) is 0 Å². The molecule has 1 aromatic carbocycles. The van der Waals surface area contributed by atoms with Crippen molar-refractivity contribution in [3.05, 3.63) is 48.7 Å². The molecule has 1 saturated heterocycles. The SMILES string of the molecule is CC1(OC(=O)N[C@@H](CCCCC/C=C\CC(=O)NS(=O)(=O)C2CC2)C(=O)N2C[C@H](Oc3nccc4ccccc34)C[C@H]2C(=O)NC2CC2)CCC1. The van der Waals surface area contributed by atoms with Crippen LogP contribution in [0.25, 0.3) is 10.8 Å². The summed E-state index contributed by atoms with van der Waals surface area (Å²) in [7, 11) is -3.55. The van der Waals surface area contributed by atoms with E-state index >= 15 is 0 Å². The number of ether oxygens (including phenoxy) is 2. The van der Waals surface area contributed by atoms with E-state index in [2.05, 4.69) is 20.3 Å². The number of hydrogen-bond donors (Lipinski definition) is 3. The summed E-state index contributed by atoms with van der Waals surface area (Å²) in [5, 5.41) is 7.24. The topological polar surface area (TPSA) is 173 Å². The summed E-state index contributed by atoms with van der Waals surface area (Å²) in [5.74, 6) is -0.679. The third kappa shape index (κ3) is 9.99. The molecule has 3 atom stereocenters. The molecule has 0 radical (unpaired) electrons. The summed E-state index contributed by atoms with van der Waals surface area (Å²) in [6, 6.07) is 8.10. The van der Waals surface area contributed by atoms with Crippen LogP contribution in [0.2, 0.25) is 0 Å². The van der Waals surface area contributed by atoms with Crippen LogP contribution in [0.1, 0.15) is 96.8 Å². The Morgan fingerprint density at radius 2 is 1.82 bits per heavy atom. The van der Waals surface area contributed by atoms with Gasteiger partial charge in [-0.1, -0.05) is 43.2 Å². The van der Waals surface area contributed by atoms with Gasteiger partial charge in [0.05, 0.1) is 11.8 Å². The van der Waals surface area contributed by atoms with Crippen LogP contribution in [0.5, 0.6) is 5.88 Å². The minimum Gasteiger partial charge on any atom is -0.472 e. The van der Waals surface area contributed by atoms with Gasteiger partial charge in [-0.25, -0.2) is 18.2 Å². The highest BCUT2D eigenvalue weighted by atomic mass is 32.2. The summed E-state index contributed by atoms with van der Waals surface area (Å²) in [6.45, 7) is 2.05. The van der Waals surface area contributed by atoms with Gasteiger partial charge in [-0.15, -0.1) is 0 Å². The molecule has 51 heavy (non-hydrogen) atoms. The molecule has 1 aromatic heterocycles. The van der Waals surface area contributed by atoms with Crippen LogP contribution >= 0.6 is 0 Å². The standard InChI is InChI=1S/C37H49N5O8S/c1-37(20-10-21-37)50-36(46)40-30(13-6-4-2-3-5-7-14-32(43)41-51(47,48)28-17-18-28)35(45)42-24-27(23-31(42)33(44)39-26-15-16-26)49-34-29-12-9-8-11-25(29)19-22-38-34/h5,7-9,11-12,19,22,26-28,30-31H,2-4,6,10,13-18,20-21,23-24H2,1H3,(H,39,44)(H,40,46)(H,41,43)/b7-5-/t27-,30+,31+/m1/s1. The lowest BCUT2D eigenvalue weighted by Gasteiger charge is -2.38. The zero-order valence-electron chi connectivity index (χ0n) is 29.2. The normalized spacial score (nSPS) is 21.9. The first-order valence-electron chi connectivity index (χ1n) is 18.3. The van der Waals surface area contributed by atoms with E-state index in [-0.39, 0.29) is 30.8 Å². The van der Waals surface area contributed by atoms with Crippen LogP contribution in [0.4, 0.5) is 4.79 Å². The highest BCUT2D eigenvalue weighted by Gasteiger charge is 2.45. The lowest BCUT2D eigenvalue weighted by molar-refractivity contribution is -0.140. The van der Waals surface area contributed by atoms with E-state index in [1.54, 1.807) is 17.2 Å². The van der Waals surface area contributed by atoms with Gasteiger partial charge in [-0.2, -0.15) is 0 Å². The molecule has 14 heteroatoms. The van der Waals surface area contributed by atoms with Gasteiger partial charge in [0, 0.05) is 30.5 Å².